The van der Waals surface area contributed by atoms with Crippen molar-refractivity contribution in [2.24, 2.45) is 0 Å². The van der Waals surface area contributed by atoms with Crippen molar-refractivity contribution in [2.75, 3.05) is 43.4 Å². The zero-order valence-electron chi connectivity index (χ0n) is 15.4. The first-order valence-corrected chi connectivity index (χ1v) is 10.5. The maximum atomic E-state index is 12.1. The molecule has 6 nitrogen and oxygen atoms in total. The molecular weight excluding hydrogens is 382 g/mol. The molecule has 0 unspecified atom stereocenters. The highest BCUT2D eigenvalue weighted by molar-refractivity contribution is 7.99. The molecule has 1 aromatic heterocycles. The number of hydrogen-bond donors (Lipinski definition) is 1. The minimum Gasteiger partial charge on any atom is -0.354 e. The quantitative estimate of drug-likeness (QED) is 0.434. The molecule has 0 spiro atoms. The number of nitrogens with one attached hydrogen (secondary N) is 1. The second-order valence-electron chi connectivity index (χ2n) is 6.30. The highest BCUT2D eigenvalue weighted by Gasteiger charge is 2.18. The second-order valence-corrected chi connectivity index (χ2v) is 7.63. The molecule has 3 rings (SSSR count). The molecule has 2 heterocycles. The molecule has 1 N–H and O–H groups in total. The van der Waals surface area contributed by atoms with Crippen molar-refractivity contribution in [1.82, 2.24) is 20.2 Å². The Bertz CT molecular complexity index is 753. The summed E-state index contributed by atoms with van der Waals surface area (Å²) < 4.78 is 0. The first-order valence-electron chi connectivity index (χ1n) is 9.09. The number of likely N-dealkylation sites (N-methyl/N-ethyl adjacent to an activating group) is 1. The largest absolute Gasteiger partial charge is 0.354 e. The summed E-state index contributed by atoms with van der Waals surface area (Å²) in [6.07, 6.45) is 0. The lowest BCUT2D eigenvalue weighted by molar-refractivity contribution is -0.118. The van der Waals surface area contributed by atoms with Crippen molar-refractivity contribution < 1.29 is 4.79 Å². The number of thioether (sulfide) groups is 1. The lowest BCUT2D eigenvalue weighted by Gasteiger charge is -2.34. The first kappa shape index (κ1) is 19.9. The van der Waals surface area contributed by atoms with Gasteiger partial charge in [0.25, 0.3) is 0 Å². The van der Waals surface area contributed by atoms with Gasteiger partial charge in [0.2, 0.25) is 5.91 Å². The zero-order chi connectivity index (χ0) is 19.1. The van der Waals surface area contributed by atoms with Crippen LogP contribution in [0.15, 0.2) is 41.6 Å². The molecule has 1 fully saturated rings. The molecule has 0 radical (unpaired) electrons. The summed E-state index contributed by atoms with van der Waals surface area (Å²) in [5.74, 6) is 1.04. The molecule has 0 atom stereocenters. The summed E-state index contributed by atoms with van der Waals surface area (Å²) in [5, 5.41) is 3.85. The van der Waals surface area contributed by atoms with E-state index in [9.17, 15) is 4.79 Å². The van der Waals surface area contributed by atoms with Gasteiger partial charge in [-0.1, -0.05) is 60.6 Å². The van der Waals surface area contributed by atoms with Gasteiger partial charge in [0.05, 0.1) is 5.75 Å². The van der Waals surface area contributed by atoms with Crippen LogP contribution < -0.4 is 10.2 Å². The van der Waals surface area contributed by atoms with Crippen LogP contribution in [-0.4, -0.2) is 59.3 Å². The molecule has 1 amide bonds. The third-order valence-corrected chi connectivity index (χ3v) is 5.51. The molecule has 1 aromatic carbocycles. The number of anilines is 1. The Morgan fingerprint density at radius 2 is 1.93 bits per heavy atom. The third kappa shape index (κ3) is 6.09. The Balaban J connectivity index is 1.52. The second kappa shape index (κ2) is 9.92. The molecule has 8 heteroatoms. The van der Waals surface area contributed by atoms with E-state index in [1.165, 1.54) is 11.8 Å². The van der Waals surface area contributed by atoms with Crippen LogP contribution in [0.2, 0.25) is 5.15 Å². The van der Waals surface area contributed by atoms with Gasteiger partial charge in [0, 0.05) is 38.8 Å². The minimum absolute atomic E-state index is 0.0504. The van der Waals surface area contributed by atoms with Crippen LogP contribution in [0.3, 0.4) is 0 Å². The Morgan fingerprint density at radius 3 is 2.63 bits per heavy atom. The summed E-state index contributed by atoms with van der Waals surface area (Å²) >= 11 is 7.48. The number of nitrogens with zero attached hydrogens (tertiary/aromatic N) is 4. The summed E-state index contributed by atoms with van der Waals surface area (Å²) in [4.78, 5) is 25.6. The normalized spacial score (nSPS) is 15.0. The summed E-state index contributed by atoms with van der Waals surface area (Å²) in [6, 6.07) is 11.6. The van der Waals surface area contributed by atoms with Crippen molar-refractivity contribution in [2.45, 2.75) is 18.6 Å². The minimum atomic E-state index is -0.0504. The van der Waals surface area contributed by atoms with Gasteiger partial charge in [-0.15, -0.1) is 0 Å². The van der Waals surface area contributed by atoms with E-state index in [0.717, 1.165) is 44.1 Å². The van der Waals surface area contributed by atoms with E-state index in [0.29, 0.717) is 16.9 Å². The van der Waals surface area contributed by atoms with Crippen LogP contribution >= 0.6 is 23.4 Å². The fourth-order valence-electron chi connectivity index (χ4n) is 2.88. The average Bonchev–Trinajstić information content (AvgIpc) is 2.71. The van der Waals surface area contributed by atoms with E-state index >= 15 is 0 Å². The fourth-order valence-corrected chi connectivity index (χ4v) is 3.79. The van der Waals surface area contributed by atoms with Crippen molar-refractivity contribution >= 4 is 35.1 Å². The van der Waals surface area contributed by atoms with Crippen LogP contribution in [-0.2, 0) is 11.3 Å². The van der Waals surface area contributed by atoms with Gasteiger partial charge in [-0.05, 0) is 12.1 Å². The number of rotatable bonds is 7. The number of halogens is 1. The number of hydrogen-bond acceptors (Lipinski definition) is 6. The number of piperazine rings is 1. The van der Waals surface area contributed by atoms with Gasteiger partial charge in [0.1, 0.15) is 11.0 Å². The van der Waals surface area contributed by atoms with Crippen molar-refractivity contribution in [3.63, 3.8) is 0 Å². The predicted molar refractivity (Wildman–Crippen MR) is 110 cm³/mol. The number of carbonyl (C=O) groups excluding carboxylic acids is 1. The Kier molecular flexibility index (Phi) is 7.32. The van der Waals surface area contributed by atoms with Crippen molar-refractivity contribution in [1.29, 1.82) is 0 Å². The summed E-state index contributed by atoms with van der Waals surface area (Å²) in [7, 11) is 0. The van der Waals surface area contributed by atoms with E-state index in [1.807, 2.05) is 30.3 Å². The SMILES string of the molecule is CCN1CCN(c2cc(Cl)nc(SCC(=O)NCc3ccccc3)n2)CC1. The number of carbonyl (C=O) groups is 1. The van der Waals surface area contributed by atoms with Crippen LogP contribution in [0.1, 0.15) is 12.5 Å². The van der Waals surface area contributed by atoms with Crippen molar-refractivity contribution in [3.8, 4) is 0 Å². The van der Waals surface area contributed by atoms with E-state index in [-0.39, 0.29) is 11.7 Å². The van der Waals surface area contributed by atoms with Gasteiger partial charge in [-0.2, -0.15) is 0 Å². The zero-order valence-corrected chi connectivity index (χ0v) is 17.0. The highest BCUT2D eigenvalue weighted by Crippen LogP contribution is 2.22. The third-order valence-electron chi connectivity index (χ3n) is 4.47. The average molecular weight is 406 g/mol. The molecule has 0 aliphatic carbocycles. The summed E-state index contributed by atoms with van der Waals surface area (Å²) in [6.45, 7) is 7.63. The maximum absolute atomic E-state index is 12.1. The van der Waals surface area contributed by atoms with Crippen LogP contribution in [0.25, 0.3) is 0 Å². The van der Waals surface area contributed by atoms with E-state index in [2.05, 4.69) is 32.0 Å². The lowest BCUT2D eigenvalue weighted by Crippen LogP contribution is -2.46. The predicted octanol–water partition coefficient (Wildman–Crippen LogP) is 2.68. The molecule has 0 bridgehead atoms. The van der Waals surface area contributed by atoms with E-state index in [4.69, 9.17) is 11.6 Å². The molecule has 1 saturated heterocycles. The smallest absolute Gasteiger partial charge is 0.230 e. The van der Waals surface area contributed by atoms with Gasteiger partial charge in [-0.25, -0.2) is 9.97 Å². The Hall–Kier alpha value is -1.83. The molecule has 27 heavy (non-hydrogen) atoms. The molecule has 1 aliphatic heterocycles. The number of aromatic nitrogens is 2. The fraction of sp³-hybridized carbons (Fsp3) is 0.421. The van der Waals surface area contributed by atoms with Crippen molar-refractivity contribution in [3.05, 3.63) is 47.1 Å². The number of benzene rings is 1. The van der Waals surface area contributed by atoms with Crippen LogP contribution in [0.4, 0.5) is 5.82 Å². The van der Waals surface area contributed by atoms with E-state index in [1.54, 1.807) is 6.07 Å². The van der Waals surface area contributed by atoms with E-state index < -0.39 is 0 Å². The Labute approximate surface area is 169 Å². The van der Waals surface area contributed by atoms with Gasteiger partial charge >= 0.3 is 0 Å². The first-order chi connectivity index (χ1) is 13.1. The molecule has 2 aromatic rings. The molecule has 0 saturated carbocycles. The maximum Gasteiger partial charge on any atom is 0.230 e. The van der Waals surface area contributed by atoms with Gasteiger partial charge < -0.3 is 15.1 Å². The Morgan fingerprint density at radius 1 is 1.19 bits per heavy atom. The molecular formula is C19H24ClN5OS. The molecule has 144 valence electrons. The lowest BCUT2D eigenvalue weighted by atomic mass is 10.2. The van der Waals surface area contributed by atoms with Crippen LogP contribution in [0, 0.1) is 0 Å². The van der Waals surface area contributed by atoms with Gasteiger partial charge in [0.15, 0.2) is 5.16 Å². The molecule has 1 aliphatic rings. The van der Waals surface area contributed by atoms with Crippen LogP contribution in [0.5, 0.6) is 0 Å². The standard InChI is InChI=1S/C19H24ClN5OS/c1-2-24-8-10-25(11-9-24)17-12-16(20)22-19(23-17)27-14-18(26)21-13-15-6-4-3-5-7-15/h3-7,12H,2,8-11,13-14H2,1H3,(H,21,26). The van der Waals surface area contributed by atoms with Gasteiger partial charge in [-0.3, -0.25) is 4.79 Å². The monoisotopic (exact) mass is 405 g/mol. The highest BCUT2D eigenvalue weighted by atomic mass is 35.5. The number of amides is 1. The topological polar surface area (TPSA) is 61.4 Å². The summed E-state index contributed by atoms with van der Waals surface area (Å²) in [5.41, 5.74) is 1.07.